The smallest absolute Gasteiger partial charge is 0.233 e. The number of carbonyl (C=O) groups excluding carboxylic acids is 1. The van der Waals surface area contributed by atoms with Gasteiger partial charge in [-0.3, -0.25) is 9.79 Å². The molecule has 0 radical (unpaired) electrons. The van der Waals surface area contributed by atoms with Gasteiger partial charge in [-0.25, -0.2) is 4.39 Å². The topological polar surface area (TPSA) is 70.7 Å². The van der Waals surface area contributed by atoms with Gasteiger partial charge in [-0.15, -0.1) is 0 Å². The fourth-order valence-electron chi connectivity index (χ4n) is 6.55. The van der Waals surface area contributed by atoms with Crippen molar-refractivity contribution in [1.82, 2.24) is 0 Å². The molecule has 1 aromatic carbocycles. The maximum atomic E-state index is 15.5. The van der Waals surface area contributed by atoms with E-state index in [2.05, 4.69) is 10.3 Å². The van der Waals surface area contributed by atoms with Crippen molar-refractivity contribution in [1.29, 1.82) is 0 Å². The number of halogens is 1. The second-order valence-electron chi connectivity index (χ2n) is 9.19. The van der Waals surface area contributed by atoms with E-state index in [9.17, 15) is 4.79 Å². The van der Waals surface area contributed by atoms with Gasteiger partial charge < -0.3 is 16.0 Å². The quantitative estimate of drug-likeness (QED) is 0.779. The Balaban J connectivity index is 1.57. The Morgan fingerprint density at radius 3 is 2.64 bits per heavy atom. The summed E-state index contributed by atoms with van der Waals surface area (Å²) in [6.45, 7) is 0.350. The Hall–Kier alpha value is -2.37. The van der Waals surface area contributed by atoms with E-state index in [1.165, 1.54) is 6.20 Å². The predicted molar refractivity (Wildman–Crippen MR) is 109 cm³/mol. The molecule has 1 amide bonds. The number of alkyl halides is 1. The largest absolute Gasteiger partial charge is 0.404 e. The molecule has 6 rings (SSSR count). The third-order valence-electron chi connectivity index (χ3n) is 7.19. The van der Waals surface area contributed by atoms with Crippen LogP contribution in [0.4, 0.5) is 15.8 Å². The van der Waals surface area contributed by atoms with Crippen LogP contribution in [-0.2, 0) is 4.79 Å². The van der Waals surface area contributed by atoms with E-state index in [-0.39, 0.29) is 5.91 Å². The molecule has 148 valence electrons. The predicted octanol–water partition coefficient (Wildman–Crippen LogP) is 3.62. The molecule has 1 heterocycles. The Labute approximate surface area is 164 Å². The van der Waals surface area contributed by atoms with E-state index in [0.717, 1.165) is 36.2 Å². The fraction of sp³-hybridized carbons (Fsp3) is 0.545. The SMILES string of the molecule is CN=C1Nc2ccccc2N(C(=O)C23CC4CC(CC(F)(C4)C2)C3)CC1=CN. The van der Waals surface area contributed by atoms with Crippen LogP contribution in [0.3, 0.4) is 0 Å². The molecule has 2 unspecified atom stereocenters. The van der Waals surface area contributed by atoms with Gasteiger partial charge in [0.1, 0.15) is 11.5 Å². The molecule has 6 heteroatoms. The van der Waals surface area contributed by atoms with Crippen LogP contribution in [0.2, 0.25) is 0 Å². The molecule has 4 aliphatic carbocycles. The minimum atomic E-state index is -1.16. The van der Waals surface area contributed by atoms with Crippen LogP contribution in [0.25, 0.3) is 0 Å². The minimum Gasteiger partial charge on any atom is -0.404 e. The molecule has 1 aliphatic heterocycles. The Kier molecular flexibility index (Phi) is 3.83. The number of benzene rings is 1. The molecule has 0 saturated heterocycles. The van der Waals surface area contributed by atoms with Gasteiger partial charge in [-0.05, 0) is 62.5 Å². The van der Waals surface area contributed by atoms with Gasteiger partial charge in [0, 0.05) is 18.8 Å². The lowest BCUT2D eigenvalue weighted by molar-refractivity contribution is -0.158. The second-order valence-corrected chi connectivity index (χ2v) is 9.19. The van der Waals surface area contributed by atoms with Gasteiger partial charge in [0.25, 0.3) is 0 Å². The van der Waals surface area contributed by atoms with Crippen molar-refractivity contribution in [2.75, 3.05) is 23.8 Å². The molecule has 5 nitrogen and oxygen atoms in total. The lowest BCUT2D eigenvalue weighted by atomic mass is 9.48. The number of nitrogens with one attached hydrogen (secondary N) is 1. The highest BCUT2D eigenvalue weighted by Crippen LogP contribution is 2.63. The Morgan fingerprint density at radius 1 is 1.29 bits per heavy atom. The van der Waals surface area contributed by atoms with Gasteiger partial charge >= 0.3 is 0 Å². The van der Waals surface area contributed by atoms with Gasteiger partial charge in [-0.1, -0.05) is 12.1 Å². The Morgan fingerprint density at radius 2 is 2.00 bits per heavy atom. The van der Waals surface area contributed by atoms with E-state index >= 15 is 4.39 Å². The first kappa shape index (κ1) is 17.7. The van der Waals surface area contributed by atoms with Crippen LogP contribution in [0.15, 0.2) is 41.0 Å². The minimum absolute atomic E-state index is 0.0505. The van der Waals surface area contributed by atoms with Gasteiger partial charge in [0.15, 0.2) is 0 Å². The van der Waals surface area contributed by atoms with E-state index in [1.807, 2.05) is 29.2 Å². The maximum absolute atomic E-state index is 15.5. The third-order valence-corrected chi connectivity index (χ3v) is 7.19. The summed E-state index contributed by atoms with van der Waals surface area (Å²) < 4.78 is 15.5. The normalized spacial score (nSPS) is 39.0. The summed E-state index contributed by atoms with van der Waals surface area (Å²) in [5.41, 5.74) is 6.55. The lowest BCUT2D eigenvalue weighted by Crippen LogP contribution is -2.59. The first-order valence-corrected chi connectivity index (χ1v) is 10.2. The number of amidine groups is 1. The van der Waals surface area contributed by atoms with Crippen LogP contribution in [0.1, 0.15) is 38.5 Å². The monoisotopic (exact) mass is 382 g/mol. The molecule has 5 aliphatic rings. The maximum Gasteiger partial charge on any atom is 0.233 e. The first-order valence-electron chi connectivity index (χ1n) is 10.2. The molecule has 1 aromatic rings. The summed E-state index contributed by atoms with van der Waals surface area (Å²) in [4.78, 5) is 20.1. The average Bonchev–Trinajstić information content (AvgIpc) is 2.81. The van der Waals surface area contributed by atoms with E-state index < -0.39 is 11.1 Å². The third kappa shape index (κ3) is 2.57. The van der Waals surface area contributed by atoms with Crippen LogP contribution < -0.4 is 16.0 Å². The number of fused-ring (bicyclic) bond motifs is 1. The number of hydrogen-bond donors (Lipinski definition) is 2. The lowest BCUT2D eigenvalue weighted by Gasteiger charge is -2.58. The molecule has 4 fully saturated rings. The summed E-state index contributed by atoms with van der Waals surface area (Å²) in [5.74, 6) is 1.40. The van der Waals surface area contributed by atoms with Gasteiger partial charge in [0.2, 0.25) is 5.91 Å². The van der Waals surface area contributed by atoms with Crippen LogP contribution in [0.5, 0.6) is 0 Å². The number of rotatable bonds is 1. The number of nitrogens with two attached hydrogens (primary N) is 1. The van der Waals surface area contributed by atoms with Crippen molar-refractivity contribution >= 4 is 23.1 Å². The van der Waals surface area contributed by atoms with Crippen molar-refractivity contribution < 1.29 is 9.18 Å². The number of nitrogens with zero attached hydrogens (tertiary/aromatic N) is 2. The number of para-hydroxylation sites is 2. The summed E-state index contributed by atoms with van der Waals surface area (Å²) in [6.07, 6.45) is 5.87. The van der Waals surface area contributed by atoms with E-state index in [1.54, 1.807) is 7.05 Å². The molecule has 4 bridgehead atoms. The summed E-state index contributed by atoms with van der Waals surface area (Å²) in [7, 11) is 1.71. The summed E-state index contributed by atoms with van der Waals surface area (Å²) in [6, 6.07) is 7.74. The number of anilines is 2. The zero-order valence-corrected chi connectivity index (χ0v) is 16.2. The molecule has 3 N–H and O–H groups in total. The highest BCUT2D eigenvalue weighted by Gasteiger charge is 2.62. The summed E-state index contributed by atoms with van der Waals surface area (Å²) >= 11 is 0. The molecular weight excluding hydrogens is 355 g/mol. The zero-order chi connectivity index (χ0) is 19.5. The van der Waals surface area contributed by atoms with Crippen LogP contribution in [0, 0.1) is 17.3 Å². The molecule has 4 saturated carbocycles. The van der Waals surface area contributed by atoms with E-state index in [4.69, 9.17) is 5.73 Å². The molecule has 2 atom stereocenters. The van der Waals surface area contributed by atoms with Gasteiger partial charge in [0.05, 0.1) is 23.3 Å². The standard InChI is InChI=1S/C22H27FN4O/c1-25-19-16(11-24)12-27(18-5-3-2-4-17(18)26-19)20(28)21-7-14-6-15(8-21)10-22(23,9-14)13-21/h2-5,11,14-15H,6-10,12-13,24H2,1H3,(H,25,26). The zero-order valence-electron chi connectivity index (χ0n) is 16.2. The first-order chi connectivity index (χ1) is 13.5. The molecule has 0 aromatic heterocycles. The van der Waals surface area contributed by atoms with Crippen LogP contribution in [-0.4, -0.2) is 31.0 Å². The highest BCUT2D eigenvalue weighted by molar-refractivity contribution is 6.14. The van der Waals surface area contributed by atoms with Crippen molar-refractivity contribution in [3.05, 3.63) is 36.0 Å². The van der Waals surface area contributed by atoms with Gasteiger partial charge in [-0.2, -0.15) is 0 Å². The van der Waals surface area contributed by atoms with Crippen molar-refractivity contribution in [2.24, 2.45) is 28.0 Å². The van der Waals surface area contributed by atoms with Crippen LogP contribution >= 0.6 is 0 Å². The van der Waals surface area contributed by atoms with Crippen molar-refractivity contribution in [3.8, 4) is 0 Å². The van der Waals surface area contributed by atoms with Crippen molar-refractivity contribution in [3.63, 3.8) is 0 Å². The average molecular weight is 382 g/mol. The molecule has 0 spiro atoms. The number of amides is 1. The molecular formula is C22H27FN4O. The van der Waals surface area contributed by atoms with E-state index in [0.29, 0.717) is 43.5 Å². The molecule has 28 heavy (non-hydrogen) atoms. The number of carbonyl (C=O) groups is 1. The summed E-state index contributed by atoms with van der Waals surface area (Å²) in [5, 5.41) is 3.31. The second kappa shape index (κ2) is 6.06. The van der Waals surface area contributed by atoms with Crippen molar-refractivity contribution in [2.45, 2.75) is 44.2 Å². The number of aliphatic imine (C=N–C) groups is 1. The Bertz CT molecular complexity index is 878. The highest BCUT2D eigenvalue weighted by atomic mass is 19.1. The fourth-order valence-corrected chi connectivity index (χ4v) is 6.55. The number of hydrogen-bond acceptors (Lipinski definition) is 3.